The van der Waals surface area contributed by atoms with E-state index in [0.29, 0.717) is 11.3 Å². The molecule has 0 saturated heterocycles. The molecule has 3 aromatic rings. The average molecular weight is 423 g/mol. The molecule has 0 aliphatic rings. The molecular formula is C24H26N2O3S. The Kier molecular flexibility index (Phi) is 6.27. The molecule has 3 rings (SSSR count). The summed E-state index contributed by atoms with van der Waals surface area (Å²) in [6.07, 6.45) is 0. The second kappa shape index (κ2) is 8.71. The van der Waals surface area contributed by atoms with E-state index in [0.717, 1.165) is 11.1 Å². The summed E-state index contributed by atoms with van der Waals surface area (Å²) in [6.45, 7) is 5.98. The molecule has 0 bridgehead atoms. The van der Waals surface area contributed by atoms with Crippen LogP contribution in [0.5, 0.6) is 0 Å². The van der Waals surface area contributed by atoms with Gasteiger partial charge in [-0.3, -0.25) is 9.10 Å². The van der Waals surface area contributed by atoms with Crippen LogP contribution in [-0.4, -0.2) is 21.4 Å². The topological polar surface area (TPSA) is 66.5 Å². The summed E-state index contributed by atoms with van der Waals surface area (Å²) in [7, 11) is -2.29. The number of hydrogen-bond acceptors (Lipinski definition) is 3. The molecule has 156 valence electrons. The van der Waals surface area contributed by atoms with E-state index in [9.17, 15) is 13.2 Å². The maximum atomic E-state index is 13.0. The van der Waals surface area contributed by atoms with Gasteiger partial charge in [0, 0.05) is 12.6 Å². The Bertz CT molecular complexity index is 1160. The van der Waals surface area contributed by atoms with Gasteiger partial charge in [-0.15, -0.1) is 0 Å². The SMILES string of the molecule is Cc1ccc([C@H](C)NC(=O)c2cccc(S(=O)(=O)N(C)c3ccccc3)c2)cc1C. The number of hydrogen-bond donors (Lipinski definition) is 1. The molecule has 0 aromatic heterocycles. The zero-order valence-electron chi connectivity index (χ0n) is 17.6. The van der Waals surface area contributed by atoms with Gasteiger partial charge in [-0.05, 0) is 67.8 Å². The van der Waals surface area contributed by atoms with E-state index in [1.807, 2.05) is 39.0 Å². The molecule has 0 aliphatic heterocycles. The van der Waals surface area contributed by atoms with E-state index in [2.05, 4.69) is 11.4 Å². The highest BCUT2D eigenvalue weighted by Gasteiger charge is 2.22. The first-order chi connectivity index (χ1) is 14.2. The number of benzene rings is 3. The van der Waals surface area contributed by atoms with Crippen LogP contribution < -0.4 is 9.62 Å². The monoisotopic (exact) mass is 422 g/mol. The quantitative estimate of drug-likeness (QED) is 0.630. The fourth-order valence-corrected chi connectivity index (χ4v) is 4.37. The van der Waals surface area contributed by atoms with Crippen LogP contribution in [-0.2, 0) is 10.0 Å². The Labute approximate surface area is 178 Å². The van der Waals surface area contributed by atoms with Crippen LogP contribution in [0.3, 0.4) is 0 Å². The van der Waals surface area contributed by atoms with Crippen molar-refractivity contribution in [3.8, 4) is 0 Å². The van der Waals surface area contributed by atoms with Crippen LogP contribution in [0.15, 0.2) is 77.7 Å². The predicted molar refractivity (Wildman–Crippen MR) is 120 cm³/mol. The maximum Gasteiger partial charge on any atom is 0.264 e. The Morgan fingerprint density at radius 2 is 1.60 bits per heavy atom. The van der Waals surface area contributed by atoms with E-state index in [4.69, 9.17) is 0 Å². The minimum atomic E-state index is -3.79. The highest BCUT2D eigenvalue weighted by atomic mass is 32.2. The Morgan fingerprint density at radius 3 is 2.27 bits per heavy atom. The molecule has 1 N–H and O–H groups in total. The number of aryl methyl sites for hydroxylation is 2. The predicted octanol–water partition coefficient (Wildman–Crippen LogP) is 4.62. The average Bonchev–Trinajstić information content (AvgIpc) is 2.75. The highest BCUT2D eigenvalue weighted by molar-refractivity contribution is 7.92. The van der Waals surface area contributed by atoms with Crippen molar-refractivity contribution < 1.29 is 13.2 Å². The number of carbonyl (C=O) groups is 1. The van der Waals surface area contributed by atoms with Crippen molar-refractivity contribution in [2.75, 3.05) is 11.4 Å². The summed E-state index contributed by atoms with van der Waals surface area (Å²) < 4.78 is 27.2. The fraction of sp³-hybridized carbons (Fsp3) is 0.208. The number of para-hydroxylation sites is 1. The summed E-state index contributed by atoms with van der Waals surface area (Å²) in [5.74, 6) is -0.319. The lowest BCUT2D eigenvalue weighted by atomic mass is 10.0. The van der Waals surface area contributed by atoms with Crippen LogP contribution in [0, 0.1) is 13.8 Å². The minimum absolute atomic E-state index is 0.0698. The molecule has 1 atom stereocenters. The summed E-state index contributed by atoms with van der Waals surface area (Å²) in [5.41, 5.74) is 4.20. The minimum Gasteiger partial charge on any atom is -0.346 e. The van der Waals surface area contributed by atoms with Gasteiger partial charge in [0.05, 0.1) is 16.6 Å². The zero-order chi connectivity index (χ0) is 21.9. The molecule has 3 aromatic carbocycles. The lowest BCUT2D eigenvalue weighted by Gasteiger charge is -2.20. The van der Waals surface area contributed by atoms with Crippen LogP contribution in [0.1, 0.15) is 40.0 Å². The van der Waals surface area contributed by atoms with Crippen molar-refractivity contribution in [1.82, 2.24) is 5.32 Å². The van der Waals surface area contributed by atoms with Crippen molar-refractivity contribution in [1.29, 1.82) is 0 Å². The summed E-state index contributed by atoms with van der Waals surface area (Å²) in [5, 5.41) is 2.95. The number of rotatable bonds is 6. The summed E-state index contributed by atoms with van der Waals surface area (Å²) in [6, 6.07) is 20.8. The van der Waals surface area contributed by atoms with Crippen molar-refractivity contribution in [2.24, 2.45) is 0 Å². The van der Waals surface area contributed by atoms with E-state index in [1.54, 1.807) is 36.4 Å². The third kappa shape index (κ3) is 4.54. The molecule has 1 amide bonds. The van der Waals surface area contributed by atoms with Gasteiger partial charge in [-0.1, -0.05) is 42.5 Å². The molecule has 5 nitrogen and oxygen atoms in total. The van der Waals surface area contributed by atoms with Gasteiger partial charge in [0.2, 0.25) is 0 Å². The largest absolute Gasteiger partial charge is 0.346 e. The summed E-state index contributed by atoms with van der Waals surface area (Å²) in [4.78, 5) is 12.8. The number of sulfonamides is 1. The van der Waals surface area contributed by atoms with Gasteiger partial charge in [0.1, 0.15) is 0 Å². The maximum absolute atomic E-state index is 13.0. The molecular weight excluding hydrogens is 396 g/mol. The van der Waals surface area contributed by atoms with Crippen LogP contribution >= 0.6 is 0 Å². The molecule has 0 radical (unpaired) electrons. The second-order valence-electron chi connectivity index (χ2n) is 7.37. The van der Waals surface area contributed by atoms with Gasteiger partial charge < -0.3 is 5.32 Å². The molecule has 0 heterocycles. The van der Waals surface area contributed by atoms with Crippen molar-refractivity contribution in [3.63, 3.8) is 0 Å². The molecule has 0 saturated carbocycles. The summed E-state index contributed by atoms with van der Waals surface area (Å²) >= 11 is 0. The second-order valence-corrected chi connectivity index (χ2v) is 9.34. The first-order valence-electron chi connectivity index (χ1n) is 9.72. The van der Waals surface area contributed by atoms with Gasteiger partial charge in [0.25, 0.3) is 15.9 Å². The lowest BCUT2D eigenvalue weighted by molar-refractivity contribution is 0.0939. The molecule has 0 aliphatic carbocycles. The van der Waals surface area contributed by atoms with Gasteiger partial charge in [0.15, 0.2) is 0 Å². The standard InChI is InChI=1S/C24H26N2O3S/c1-17-13-14-20(15-18(17)2)19(3)25-24(27)21-9-8-12-23(16-21)30(28,29)26(4)22-10-6-5-7-11-22/h5-16,19H,1-4H3,(H,25,27)/t19-/m0/s1. The first-order valence-corrected chi connectivity index (χ1v) is 11.2. The van der Waals surface area contributed by atoms with Crippen LogP contribution in [0.4, 0.5) is 5.69 Å². The van der Waals surface area contributed by atoms with Crippen LogP contribution in [0.25, 0.3) is 0 Å². The Morgan fingerprint density at radius 1 is 0.900 bits per heavy atom. The van der Waals surface area contributed by atoms with E-state index in [1.165, 1.54) is 29.0 Å². The Hall–Kier alpha value is -3.12. The lowest BCUT2D eigenvalue weighted by Crippen LogP contribution is -2.28. The van der Waals surface area contributed by atoms with Crippen molar-refractivity contribution in [3.05, 3.63) is 95.1 Å². The number of nitrogens with zero attached hydrogens (tertiary/aromatic N) is 1. The van der Waals surface area contributed by atoms with Crippen LogP contribution in [0.2, 0.25) is 0 Å². The molecule has 6 heteroatoms. The van der Waals surface area contributed by atoms with Gasteiger partial charge in [-0.25, -0.2) is 8.42 Å². The molecule has 0 fully saturated rings. The smallest absolute Gasteiger partial charge is 0.264 e. The molecule has 30 heavy (non-hydrogen) atoms. The van der Waals surface area contributed by atoms with E-state index >= 15 is 0 Å². The Balaban J connectivity index is 1.82. The fourth-order valence-electron chi connectivity index (χ4n) is 3.13. The highest BCUT2D eigenvalue weighted by Crippen LogP contribution is 2.23. The third-order valence-electron chi connectivity index (χ3n) is 5.25. The normalized spacial score (nSPS) is 12.3. The van der Waals surface area contributed by atoms with E-state index in [-0.39, 0.29) is 16.8 Å². The van der Waals surface area contributed by atoms with E-state index < -0.39 is 10.0 Å². The number of amides is 1. The zero-order valence-corrected chi connectivity index (χ0v) is 18.4. The number of carbonyl (C=O) groups excluding carboxylic acids is 1. The number of anilines is 1. The molecule has 0 spiro atoms. The third-order valence-corrected chi connectivity index (χ3v) is 7.03. The van der Waals surface area contributed by atoms with Gasteiger partial charge in [-0.2, -0.15) is 0 Å². The van der Waals surface area contributed by atoms with Crippen molar-refractivity contribution >= 4 is 21.6 Å². The molecule has 0 unspecified atom stereocenters. The number of nitrogens with one attached hydrogen (secondary N) is 1. The first kappa shape index (κ1) is 21.6. The van der Waals surface area contributed by atoms with Gasteiger partial charge >= 0.3 is 0 Å². The van der Waals surface area contributed by atoms with Crippen molar-refractivity contribution in [2.45, 2.75) is 31.7 Å².